The topological polar surface area (TPSA) is 72.6 Å². The van der Waals surface area contributed by atoms with Crippen molar-refractivity contribution in [1.29, 1.82) is 0 Å². The van der Waals surface area contributed by atoms with Crippen LogP contribution in [-0.4, -0.2) is 32.1 Å². The second-order valence-electron chi connectivity index (χ2n) is 4.47. The summed E-state index contributed by atoms with van der Waals surface area (Å²) in [6.45, 7) is 1.08. The van der Waals surface area contributed by atoms with Crippen LogP contribution in [0.3, 0.4) is 0 Å². The van der Waals surface area contributed by atoms with E-state index in [0.29, 0.717) is 35.2 Å². The first kappa shape index (κ1) is 14.0. The maximum atomic E-state index is 11.9. The Labute approximate surface area is 119 Å². The van der Waals surface area contributed by atoms with Gasteiger partial charge in [-0.15, -0.1) is 0 Å². The highest BCUT2D eigenvalue weighted by Crippen LogP contribution is 2.28. The third-order valence-electron chi connectivity index (χ3n) is 3.21. The minimum Gasteiger partial charge on any atom is -0.465 e. The van der Waals surface area contributed by atoms with Crippen LogP contribution in [0.5, 0.6) is 0 Å². The van der Waals surface area contributed by atoms with Crippen LogP contribution in [0.25, 0.3) is 0 Å². The summed E-state index contributed by atoms with van der Waals surface area (Å²) in [4.78, 5) is 25.2. The van der Waals surface area contributed by atoms with E-state index in [-0.39, 0.29) is 11.8 Å². The molecule has 19 heavy (non-hydrogen) atoms. The molecule has 1 aliphatic heterocycles. The predicted molar refractivity (Wildman–Crippen MR) is 75.0 cm³/mol. The highest BCUT2D eigenvalue weighted by atomic mass is 79.9. The number of rotatable bonds is 3. The Kier molecular flexibility index (Phi) is 4.21. The molecule has 1 aliphatic rings. The summed E-state index contributed by atoms with van der Waals surface area (Å²) in [7, 11) is 1.33. The number of nitrogens with two attached hydrogens (primary N) is 1. The van der Waals surface area contributed by atoms with Gasteiger partial charge in [-0.05, 0) is 46.6 Å². The standard InChI is InChI=1S/C13H15BrN2O3/c1-19-13(18)10-5-9(2-3-11(10)14)16-7-8(6-15)4-12(16)17/h2-3,5,8H,4,6-7,15H2,1H3. The van der Waals surface area contributed by atoms with E-state index in [0.717, 1.165) is 0 Å². The first-order chi connectivity index (χ1) is 9.06. The molecule has 0 aliphatic carbocycles. The Morgan fingerprint density at radius 3 is 2.89 bits per heavy atom. The van der Waals surface area contributed by atoms with E-state index in [1.54, 1.807) is 23.1 Å². The van der Waals surface area contributed by atoms with Crippen molar-refractivity contribution in [2.75, 3.05) is 25.1 Å². The summed E-state index contributed by atoms with van der Waals surface area (Å²) in [5.41, 5.74) is 6.70. The van der Waals surface area contributed by atoms with Crippen molar-refractivity contribution in [3.05, 3.63) is 28.2 Å². The number of methoxy groups -OCH3 is 1. The van der Waals surface area contributed by atoms with E-state index in [9.17, 15) is 9.59 Å². The fourth-order valence-corrected chi connectivity index (χ4v) is 2.55. The number of hydrogen-bond acceptors (Lipinski definition) is 4. The highest BCUT2D eigenvalue weighted by Gasteiger charge is 2.30. The number of benzene rings is 1. The molecule has 0 radical (unpaired) electrons. The number of amides is 1. The number of ether oxygens (including phenoxy) is 1. The number of carbonyl (C=O) groups excluding carboxylic acids is 2. The van der Waals surface area contributed by atoms with Crippen molar-refractivity contribution in [3.8, 4) is 0 Å². The molecule has 1 unspecified atom stereocenters. The third kappa shape index (κ3) is 2.79. The molecule has 1 saturated heterocycles. The molecular weight excluding hydrogens is 312 g/mol. The highest BCUT2D eigenvalue weighted by molar-refractivity contribution is 9.10. The minimum atomic E-state index is -0.434. The van der Waals surface area contributed by atoms with Gasteiger partial charge in [0.2, 0.25) is 5.91 Å². The average molecular weight is 327 g/mol. The molecule has 1 aromatic carbocycles. The molecule has 102 valence electrons. The fourth-order valence-electron chi connectivity index (χ4n) is 2.14. The van der Waals surface area contributed by atoms with Crippen molar-refractivity contribution in [3.63, 3.8) is 0 Å². The molecule has 6 heteroatoms. The Bertz CT molecular complexity index is 519. The molecule has 1 atom stereocenters. The van der Waals surface area contributed by atoms with Crippen molar-refractivity contribution in [2.45, 2.75) is 6.42 Å². The largest absolute Gasteiger partial charge is 0.465 e. The van der Waals surface area contributed by atoms with Crippen LogP contribution in [0.2, 0.25) is 0 Å². The van der Waals surface area contributed by atoms with E-state index in [1.807, 2.05) is 0 Å². The number of carbonyl (C=O) groups is 2. The van der Waals surface area contributed by atoms with Gasteiger partial charge < -0.3 is 15.4 Å². The number of anilines is 1. The fraction of sp³-hybridized carbons (Fsp3) is 0.385. The lowest BCUT2D eigenvalue weighted by molar-refractivity contribution is -0.117. The van der Waals surface area contributed by atoms with E-state index in [1.165, 1.54) is 7.11 Å². The van der Waals surface area contributed by atoms with Crippen LogP contribution in [0.1, 0.15) is 16.8 Å². The van der Waals surface area contributed by atoms with Crippen molar-refractivity contribution in [1.82, 2.24) is 0 Å². The van der Waals surface area contributed by atoms with E-state index in [4.69, 9.17) is 10.5 Å². The molecular formula is C13H15BrN2O3. The third-order valence-corrected chi connectivity index (χ3v) is 3.90. The SMILES string of the molecule is COC(=O)c1cc(N2CC(CN)CC2=O)ccc1Br. The predicted octanol–water partition coefficient (Wildman–Crippen LogP) is 1.55. The van der Waals surface area contributed by atoms with Crippen molar-refractivity contribution < 1.29 is 14.3 Å². The van der Waals surface area contributed by atoms with Gasteiger partial charge in [0.05, 0.1) is 12.7 Å². The quantitative estimate of drug-likeness (QED) is 0.855. The smallest absolute Gasteiger partial charge is 0.339 e. The molecule has 1 aromatic rings. The first-order valence-electron chi connectivity index (χ1n) is 5.95. The number of hydrogen-bond donors (Lipinski definition) is 1. The summed E-state index contributed by atoms with van der Waals surface area (Å²) < 4.78 is 5.36. The zero-order valence-corrected chi connectivity index (χ0v) is 12.1. The number of esters is 1. The maximum Gasteiger partial charge on any atom is 0.339 e. The Hall–Kier alpha value is -1.40. The Morgan fingerprint density at radius 2 is 2.32 bits per heavy atom. The van der Waals surface area contributed by atoms with Crippen LogP contribution in [-0.2, 0) is 9.53 Å². The molecule has 1 heterocycles. The molecule has 1 amide bonds. The zero-order valence-electron chi connectivity index (χ0n) is 10.6. The molecule has 2 rings (SSSR count). The Morgan fingerprint density at radius 1 is 1.58 bits per heavy atom. The Balaban J connectivity index is 2.31. The molecule has 0 saturated carbocycles. The molecule has 0 spiro atoms. The summed E-state index contributed by atoms with van der Waals surface area (Å²) in [6.07, 6.45) is 0.458. The monoisotopic (exact) mass is 326 g/mol. The van der Waals surface area contributed by atoms with Gasteiger partial charge in [-0.1, -0.05) is 0 Å². The molecule has 0 aromatic heterocycles. The van der Waals surface area contributed by atoms with Crippen LogP contribution < -0.4 is 10.6 Å². The normalized spacial score (nSPS) is 18.8. The molecule has 2 N–H and O–H groups in total. The lowest BCUT2D eigenvalue weighted by Gasteiger charge is -2.17. The molecule has 5 nitrogen and oxygen atoms in total. The number of nitrogens with zero attached hydrogens (tertiary/aromatic N) is 1. The summed E-state index contributed by atoms with van der Waals surface area (Å²) >= 11 is 3.30. The van der Waals surface area contributed by atoms with Crippen LogP contribution in [0, 0.1) is 5.92 Å². The van der Waals surface area contributed by atoms with Gasteiger partial charge in [0.25, 0.3) is 0 Å². The second-order valence-corrected chi connectivity index (χ2v) is 5.32. The van der Waals surface area contributed by atoms with E-state index in [2.05, 4.69) is 15.9 Å². The van der Waals surface area contributed by atoms with Crippen LogP contribution in [0.4, 0.5) is 5.69 Å². The van der Waals surface area contributed by atoms with E-state index < -0.39 is 5.97 Å². The zero-order chi connectivity index (χ0) is 14.0. The van der Waals surface area contributed by atoms with Crippen molar-refractivity contribution in [2.24, 2.45) is 11.7 Å². The van der Waals surface area contributed by atoms with Gasteiger partial charge in [-0.3, -0.25) is 4.79 Å². The van der Waals surface area contributed by atoms with Gasteiger partial charge in [0, 0.05) is 23.1 Å². The van der Waals surface area contributed by atoms with Gasteiger partial charge in [-0.2, -0.15) is 0 Å². The maximum absolute atomic E-state index is 11.9. The van der Waals surface area contributed by atoms with Crippen molar-refractivity contribution >= 4 is 33.5 Å². The van der Waals surface area contributed by atoms with E-state index >= 15 is 0 Å². The summed E-state index contributed by atoms with van der Waals surface area (Å²) in [6, 6.07) is 5.20. The van der Waals surface area contributed by atoms with Crippen LogP contribution in [0.15, 0.2) is 22.7 Å². The van der Waals surface area contributed by atoms with Crippen LogP contribution >= 0.6 is 15.9 Å². The number of halogens is 1. The molecule has 1 fully saturated rings. The lowest BCUT2D eigenvalue weighted by Crippen LogP contribution is -2.26. The summed E-state index contributed by atoms with van der Waals surface area (Å²) in [5, 5.41) is 0. The minimum absolute atomic E-state index is 0.0357. The summed E-state index contributed by atoms with van der Waals surface area (Å²) in [5.74, 6) is -0.220. The van der Waals surface area contributed by atoms with Gasteiger partial charge >= 0.3 is 5.97 Å². The first-order valence-corrected chi connectivity index (χ1v) is 6.74. The average Bonchev–Trinajstić information content (AvgIpc) is 2.80. The lowest BCUT2D eigenvalue weighted by atomic mass is 10.1. The van der Waals surface area contributed by atoms with Gasteiger partial charge in [0.15, 0.2) is 0 Å². The molecule has 0 bridgehead atoms. The van der Waals surface area contributed by atoms with Gasteiger partial charge in [-0.25, -0.2) is 4.79 Å². The second kappa shape index (κ2) is 5.71. The van der Waals surface area contributed by atoms with Gasteiger partial charge in [0.1, 0.15) is 0 Å².